The van der Waals surface area contributed by atoms with Gasteiger partial charge in [0.2, 0.25) is 0 Å². The number of rotatable bonds is 12. The molecule has 212 valence electrons. The van der Waals surface area contributed by atoms with Crippen molar-refractivity contribution in [2.24, 2.45) is 5.92 Å². The number of carbonyl (C=O) groups excluding carboxylic acids is 2. The number of nitrogens with one attached hydrogen (secondary N) is 3. The third kappa shape index (κ3) is 7.90. The third-order valence-corrected chi connectivity index (χ3v) is 7.18. The largest absolute Gasteiger partial charge is 0.493 e. The second kappa shape index (κ2) is 14.3. The summed E-state index contributed by atoms with van der Waals surface area (Å²) in [6.07, 6.45) is 2.54. The molecule has 0 radical (unpaired) electrons. The maximum Gasteiger partial charge on any atom is 0.406 e. The Bertz CT molecular complexity index is 1120. The van der Waals surface area contributed by atoms with Crippen LogP contribution in [0, 0.1) is 11.7 Å². The summed E-state index contributed by atoms with van der Waals surface area (Å²) in [7, 11) is 3.19. The summed E-state index contributed by atoms with van der Waals surface area (Å²) >= 11 is 0. The lowest BCUT2D eigenvalue weighted by Gasteiger charge is -2.26. The van der Waals surface area contributed by atoms with Gasteiger partial charge in [0.1, 0.15) is 17.7 Å². The topological polar surface area (TPSA) is 107 Å². The van der Waals surface area contributed by atoms with Crippen molar-refractivity contribution in [1.82, 2.24) is 16.0 Å². The lowest BCUT2D eigenvalue weighted by molar-refractivity contribution is 0.0478. The summed E-state index contributed by atoms with van der Waals surface area (Å²) < 4.78 is 36.5. The van der Waals surface area contributed by atoms with Crippen molar-refractivity contribution in [2.75, 3.05) is 53.7 Å². The number of amides is 2. The number of hydrogen-bond donors (Lipinski definition) is 3. The molecule has 0 spiro atoms. The number of fused-ring (bicyclic) bond motifs is 1. The molecule has 0 saturated carbocycles. The predicted octanol–water partition coefficient (Wildman–Crippen LogP) is 3.36. The van der Waals surface area contributed by atoms with E-state index < -0.39 is 18.0 Å². The molecular formula is C29H38FN3O6. The monoisotopic (exact) mass is 543 g/mol. The Hall–Kier alpha value is -3.21. The zero-order chi connectivity index (χ0) is 27.6. The minimum absolute atomic E-state index is 0.122. The van der Waals surface area contributed by atoms with Gasteiger partial charge in [0.05, 0.1) is 20.3 Å². The maximum absolute atomic E-state index is 14.2. The lowest BCUT2D eigenvalue weighted by Crippen LogP contribution is -2.41. The van der Waals surface area contributed by atoms with Gasteiger partial charge in [0, 0.05) is 49.9 Å². The molecule has 39 heavy (non-hydrogen) atoms. The van der Waals surface area contributed by atoms with Crippen LogP contribution in [0.1, 0.15) is 52.4 Å². The molecule has 4 rings (SSSR count). The van der Waals surface area contributed by atoms with Gasteiger partial charge in [-0.1, -0.05) is 12.1 Å². The van der Waals surface area contributed by atoms with E-state index in [0.29, 0.717) is 42.4 Å². The van der Waals surface area contributed by atoms with E-state index in [1.165, 1.54) is 19.2 Å². The Morgan fingerprint density at radius 1 is 1.18 bits per heavy atom. The number of ether oxygens (including phenoxy) is 4. The van der Waals surface area contributed by atoms with Crippen molar-refractivity contribution in [3.8, 4) is 5.75 Å². The number of methoxy groups -OCH3 is 1. The Morgan fingerprint density at radius 3 is 2.79 bits per heavy atom. The smallest absolute Gasteiger partial charge is 0.406 e. The van der Waals surface area contributed by atoms with E-state index in [0.717, 1.165) is 43.6 Å². The zero-order valence-electron chi connectivity index (χ0n) is 22.6. The van der Waals surface area contributed by atoms with Crippen molar-refractivity contribution in [3.05, 3.63) is 64.5 Å². The van der Waals surface area contributed by atoms with Gasteiger partial charge in [0.15, 0.2) is 0 Å². The van der Waals surface area contributed by atoms with Crippen molar-refractivity contribution < 1.29 is 32.9 Å². The van der Waals surface area contributed by atoms with Gasteiger partial charge in [0.25, 0.3) is 5.91 Å². The van der Waals surface area contributed by atoms with Crippen molar-refractivity contribution in [2.45, 2.75) is 37.8 Å². The molecule has 2 heterocycles. The highest BCUT2D eigenvalue weighted by atomic mass is 19.1. The van der Waals surface area contributed by atoms with Gasteiger partial charge >= 0.3 is 6.09 Å². The third-order valence-electron chi connectivity index (χ3n) is 7.18. The fourth-order valence-corrected chi connectivity index (χ4v) is 5.15. The van der Waals surface area contributed by atoms with Gasteiger partial charge in [-0.3, -0.25) is 4.79 Å². The molecule has 2 aliphatic heterocycles. The molecule has 3 N–H and O–H groups in total. The second-order valence-electron chi connectivity index (χ2n) is 9.88. The van der Waals surface area contributed by atoms with Crippen LogP contribution in [0.3, 0.4) is 0 Å². The Labute approximate surface area is 228 Å². The van der Waals surface area contributed by atoms with Crippen LogP contribution < -0.4 is 20.7 Å². The van der Waals surface area contributed by atoms with E-state index in [1.54, 1.807) is 24.3 Å². The highest BCUT2D eigenvalue weighted by molar-refractivity contribution is 5.95. The minimum Gasteiger partial charge on any atom is -0.493 e. The van der Waals surface area contributed by atoms with E-state index in [-0.39, 0.29) is 25.1 Å². The van der Waals surface area contributed by atoms with E-state index >= 15 is 0 Å². The molecule has 3 atom stereocenters. The van der Waals surface area contributed by atoms with Crippen molar-refractivity contribution >= 4 is 12.0 Å². The summed E-state index contributed by atoms with van der Waals surface area (Å²) in [4.78, 5) is 24.8. The standard InChI is InChI=1S/C29H38FN3O6/c1-31-23(13-19-5-4-10-37-18-19)17-33-28(34)21-15-25(24-8-11-38-26(24)16-21)27(20-6-3-7-22(30)14-20)39-12-9-32-29(35)36-2/h3,6-7,14-16,19,23,27,31H,4-5,8-13,17-18H2,1-2H3,(H,32,35)(H,33,34)/t19-,23+,27+/m1/s1. The molecule has 9 nitrogen and oxygen atoms in total. The quantitative estimate of drug-likeness (QED) is 0.353. The average molecular weight is 544 g/mol. The molecule has 1 fully saturated rings. The van der Waals surface area contributed by atoms with Gasteiger partial charge < -0.3 is 34.9 Å². The lowest BCUT2D eigenvalue weighted by atomic mass is 9.92. The van der Waals surface area contributed by atoms with E-state index in [1.807, 2.05) is 7.05 Å². The molecule has 2 aliphatic rings. The van der Waals surface area contributed by atoms with Gasteiger partial charge in [-0.2, -0.15) is 0 Å². The molecule has 1 saturated heterocycles. The molecule has 0 bridgehead atoms. The van der Waals surface area contributed by atoms with Crippen LogP contribution in [0.25, 0.3) is 0 Å². The first-order valence-corrected chi connectivity index (χ1v) is 13.5. The van der Waals surface area contributed by atoms with Gasteiger partial charge in [-0.25, -0.2) is 9.18 Å². The molecule has 10 heteroatoms. The molecule has 0 aromatic heterocycles. The van der Waals surface area contributed by atoms with Gasteiger partial charge in [-0.05, 0) is 67.6 Å². The first-order valence-electron chi connectivity index (χ1n) is 13.5. The van der Waals surface area contributed by atoms with E-state index in [4.69, 9.17) is 14.2 Å². The van der Waals surface area contributed by atoms with Crippen molar-refractivity contribution in [1.29, 1.82) is 0 Å². The van der Waals surface area contributed by atoms with E-state index in [2.05, 4.69) is 20.7 Å². The first-order chi connectivity index (χ1) is 19.0. The highest BCUT2D eigenvalue weighted by Crippen LogP contribution is 2.38. The van der Waals surface area contributed by atoms with Crippen LogP contribution in [0.5, 0.6) is 5.75 Å². The van der Waals surface area contributed by atoms with Gasteiger partial charge in [-0.15, -0.1) is 0 Å². The van der Waals surface area contributed by atoms with Crippen LogP contribution in [0.4, 0.5) is 9.18 Å². The second-order valence-corrected chi connectivity index (χ2v) is 9.88. The molecule has 2 amide bonds. The highest BCUT2D eigenvalue weighted by Gasteiger charge is 2.27. The fourth-order valence-electron chi connectivity index (χ4n) is 5.15. The molecule has 0 aliphatic carbocycles. The number of carbonyl (C=O) groups is 2. The summed E-state index contributed by atoms with van der Waals surface area (Å²) in [5.74, 6) is 0.489. The number of halogens is 1. The van der Waals surface area contributed by atoms with Crippen LogP contribution in [-0.4, -0.2) is 71.7 Å². The molecule has 2 aromatic carbocycles. The summed E-state index contributed by atoms with van der Waals surface area (Å²) in [5, 5.41) is 8.95. The predicted molar refractivity (Wildman–Crippen MR) is 144 cm³/mol. The van der Waals surface area contributed by atoms with Crippen molar-refractivity contribution in [3.63, 3.8) is 0 Å². The van der Waals surface area contributed by atoms with Crippen LogP contribution in [0.2, 0.25) is 0 Å². The van der Waals surface area contributed by atoms with Crippen LogP contribution in [0.15, 0.2) is 36.4 Å². The van der Waals surface area contributed by atoms with Crippen LogP contribution >= 0.6 is 0 Å². The number of alkyl carbamates (subject to hydrolysis) is 1. The number of likely N-dealkylation sites (N-methyl/N-ethyl adjacent to an activating group) is 1. The molecular weight excluding hydrogens is 505 g/mol. The summed E-state index contributed by atoms with van der Waals surface area (Å²) in [6, 6.07) is 9.87. The number of benzene rings is 2. The fraction of sp³-hybridized carbons (Fsp3) is 0.517. The molecule has 0 unspecified atom stereocenters. The normalized spacial score (nSPS) is 18.0. The number of hydrogen-bond acceptors (Lipinski definition) is 7. The minimum atomic E-state index is -0.667. The van der Waals surface area contributed by atoms with E-state index in [9.17, 15) is 14.0 Å². The molecule has 2 aromatic rings. The first kappa shape index (κ1) is 28.8. The average Bonchev–Trinajstić information content (AvgIpc) is 3.44. The zero-order valence-corrected chi connectivity index (χ0v) is 22.6. The Morgan fingerprint density at radius 2 is 2.05 bits per heavy atom. The summed E-state index contributed by atoms with van der Waals surface area (Å²) in [5.41, 5.74) is 2.71. The maximum atomic E-state index is 14.2. The Kier molecular flexibility index (Phi) is 10.5. The Balaban J connectivity index is 1.52. The summed E-state index contributed by atoms with van der Waals surface area (Å²) in [6.45, 7) is 2.89. The van der Waals surface area contributed by atoms with Crippen LogP contribution in [-0.2, 0) is 20.6 Å². The SMILES string of the molecule is CN[C@H](CNC(=O)c1cc2c(c([C@@H](OCCNC(=O)OC)c3cccc(F)c3)c1)CCO2)C[C@H]1CCCOC1.